The number of carbonyl (C=O) groups is 1. The van der Waals surface area contributed by atoms with Crippen LogP contribution in [-0.2, 0) is 11.2 Å². The highest BCUT2D eigenvalue weighted by Crippen LogP contribution is 2.41. The van der Waals surface area contributed by atoms with Gasteiger partial charge in [0.2, 0.25) is 5.91 Å². The second-order valence-electron chi connectivity index (χ2n) is 7.68. The summed E-state index contributed by atoms with van der Waals surface area (Å²) >= 11 is 0. The summed E-state index contributed by atoms with van der Waals surface area (Å²) in [5.74, 6) is 0.596. The Hall–Kier alpha value is -1.42. The van der Waals surface area contributed by atoms with Gasteiger partial charge in [0.1, 0.15) is 0 Å². The zero-order chi connectivity index (χ0) is 16.2. The van der Waals surface area contributed by atoms with E-state index in [9.17, 15) is 9.90 Å². The topological polar surface area (TPSA) is 62.2 Å². The van der Waals surface area contributed by atoms with Gasteiger partial charge in [0, 0.05) is 18.9 Å². The number of hydrogen-bond acceptors (Lipinski definition) is 3. The first kappa shape index (κ1) is 16.9. The lowest BCUT2D eigenvalue weighted by Crippen LogP contribution is -2.46. The van der Waals surface area contributed by atoms with Gasteiger partial charge in [-0.3, -0.25) is 9.78 Å². The van der Waals surface area contributed by atoms with Crippen LogP contribution in [0.4, 0.5) is 0 Å². The molecule has 4 heteroatoms. The van der Waals surface area contributed by atoms with Gasteiger partial charge in [0.15, 0.2) is 0 Å². The minimum absolute atomic E-state index is 0.0561. The molecular weight excluding hydrogens is 276 g/mol. The van der Waals surface area contributed by atoms with Crippen molar-refractivity contribution in [3.63, 3.8) is 0 Å². The van der Waals surface area contributed by atoms with Gasteiger partial charge in [-0.15, -0.1) is 0 Å². The average Bonchev–Trinajstić information content (AvgIpc) is 2.46. The zero-order valence-corrected chi connectivity index (χ0v) is 13.9. The Morgan fingerprint density at radius 1 is 1.41 bits per heavy atom. The molecule has 1 fully saturated rings. The molecule has 1 heterocycles. The Morgan fingerprint density at radius 2 is 2.09 bits per heavy atom. The van der Waals surface area contributed by atoms with E-state index >= 15 is 0 Å². The number of aromatic nitrogens is 1. The van der Waals surface area contributed by atoms with Gasteiger partial charge >= 0.3 is 0 Å². The van der Waals surface area contributed by atoms with Crippen molar-refractivity contribution >= 4 is 5.91 Å². The van der Waals surface area contributed by atoms with Crippen LogP contribution in [0.3, 0.4) is 0 Å². The Morgan fingerprint density at radius 3 is 2.64 bits per heavy atom. The molecule has 0 spiro atoms. The van der Waals surface area contributed by atoms with Crippen LogP contribution >= 0.6 is 0 Å². The van der Waals surface area contributed by atoms with E-state index in [1.165, 1.54) is 0 Å². The summed E-state index contributed by atoms with van der Waals surface area (Å²) in [6.07, 6.45) is 7.29. The minimum Gasteiger partial charge on any atom is -0.388 e. The number of rotatable bonds is 4. The number of amides is 1. The van der Waals surface area contributed by atoms with Gasteiger partial charge in [0.25, 0.3) is 0 Å². The van der Waals surface area contributed by atoms with E-state index < -0.39 is 5.60 Å². The number of carbonyl (C=O) groups excluding carboxylic acids is 1. The molecule has 4 nitrogen and oxygen atoms in total. The number of aliphatic hydroxyl groups is 1. The maximum Gasteiger partial charge on any atom is 0.224 e. The molecule has 2 N–H and O–H groups in total. The van der Waals surface area contributed by atoms with Crippen LogP contribution in [0.25, 0.3) is 0 Å². The van der Waals surface area contributed by atoms with Crippen LogP contribution in [0.15, 0.2) is 24.5 Å². The van der Waals surface area contributed by atoms with Crippen molar-refractivity contribution in [1.29, 1.82) is 0 Å². The number of nitrogens with zero attached hydrogens (tertiary/aromatic N) is 1. The lowest BCUT2D eigenvalue weighted by molar-refractivity contribution is -0.122. The molecular formula is C18H28N2O2. The summed E-state index contributed by atoms with van der Waals surface area (Å²) in [5.41, 5.74) is 0.445. The molecule has 1 aromatic rings. The molecule has 0 atom stereocenters. The highest BCUT2D eigenvalue weighted by Gasteiger charge is 2.37. The lowest BCUT2D eigenvalue weighted by atomic mass is 9.68. The number of pyridine rings is 1. The fourth-order valence-electron chi connectivity index (χ4n) is 3.21. The predicted molar refractivity (Wildman–Crippen MR) is 87.3 cm³/mol. The Balaban J connectivity index is 1.78. The molecule has 1 aliphatic rings. The quantitative estimate of drug-likeness (QED) is 0.899. The van der Waals surface area contributed by atoms with E-state index in [0.29, 0.717) is 24.3 Å². The minimum atomic E-state index is -0.744. The van der Waals surface area contributed by atoms with Crippen LogP contribution in [0, 0.1) is 11.3 Å². The molecule has 0 saturated heterocycles. The monoisotopic (exact) mass is 304 g/mol. The second kappa shape index (κ2) is 6.78. The van der Waals surface area contributed by atoms with Gasteiger partial charge in [-0.2, -0.15) is 0 Å². The first-order valence-corrected chi connectivity index (χ1v) is 8.16. The van der Waals surface area contributed by atoms with E-state index in [4.69, 9.17) is 0 Å². The number of nitrogens with one attached hydrogen (secondary N) is 1. The van der Waals surface area contributed by atoms with Crippen molar-refractivity contribution in [3.05, 3.63) is 30.1 Å². The van der Waals surface area contributed by atoms with Crippen LogP contribution in [-0.4, -0.2) is 28.1 Å². The third-order valence-electron chi connectivity index (χ3n) is 4.84. The SMILES string of the molecule is CC(C)(C)C1CCC(O)(CNC(=O)Cc2cccnc2)CC1. The molecule has 22 heavy (non-hydrogen) atoms. The summed E-state index contributed by atoms with van der Waals surface area (Å²) in [6, 6.07) is 3.71. The largest absolute Gasteiger partial charge is 0.388 e. The van der Waals surface area contributed by atoms with Gasteiger partial charge in [-0.25, -0.2) is 0 Å². The van der Waals surface area contributed by atoms with Crippen molar-refractivity contribution in [2.24, 2.45) is 11.3 Å². The first-order valence-electron chi connectivity index (χ1n) is 8.16. The third kappa shape index (κ3) is 4.80. The highest BCUT2D eigenvalue weighted by molar-refractivity contribution is 5.78. The van der Waals surface area contributed by atoms with E-state index in [0.717, 1.165) is 31.2 Å². The molecule has 0 aliphatic heterocycles. The molecule has 0 bridgehead atoms. The second-order valence-corrected chi connectivity index (χ2v) is 7.68. The Bertz CT molecular complexity index is 486. The molecule has 122 valence electrons. The molecule has 1 saturated carbocycles. The van der Waals surface area contributed by atoms with Crippen molar-refractivity contribution in [1.82, 2.24) is 10.3 Å². The smallest absolute Gasteiger partial charge is 0.224 e. The highest BCUT2D eigenvalue weighted by atomic mass is 16.3. The maximum absolute atomic E-state index is 12.0. The normalized spacial score (nSPS) is 25.7. The molecule has 0 unspecified atom stereocenters. The van der Waals surface area contributed by atoms with Crippen LogP contribution < -0.4 is 5.32 Å². The van der Waals surface area contributed by atoms with Gasteiger partial charge in [0.05, 0.1) is 12.0 Å². The van der Waals surface area contributed by atoms with Gasteiger partial charge < -0.3 is 10.4 Å². The van der Waals surface area contributed by atoms with Crippen molar-refractivity contribution < 1.29 is 9.90 Å². The standard InChI is InChI=1S/C18H28N2O2/c1-17(2,3)15-6-8-18(22,9-7-15)13-20-16(21)11-14-5-4-10-19-12-14/h4-5,10,12,15,22H,6-9,11,13H2,1-3H3,(H,20,21). The summed E-state index contributed by atoms with van der Waals surface area (Å²) < 4.78 is 0. The molecule has 0 radical (unpaired) electrons. The molecule has 2 rings (SSSR count). The van der Waals surface area contributed by atoms with Crippen molar-refractivity contribution in [2.45, 2.75) is 58.5 Å². The van der Waals surface area contributed by atoms with E-state index in [-0.39, 0.29) is 5.91 Å². The average molecular weight is 304 g/mol. The third-order valence-corrected chi connectivity index (χ3v) is 4.84. The number of hydrogen-bond donors (Lipinski definition) is 2. The molecule has 1 aromatic heterocycles. The first-order chi connectivity index (χ1) is 10.3. The summed E-state index contributed by atoms with van der Waals surface area (Å²) in [7, 11) is 0. The van der Waals surface area contributed by atoms with Gasteiger partial charge in [-0.1, -0.05) is 26.8 Å². The van der Waals surface area contributed by atoms with E-state index in [2.05, 4.69) is 31.1 Å². The Labute approximate surface area is 133 Å². The zero-order valence-electron chi connectivity index (χ0n) is 13.9. The summed E-state index contributed by atoms with van der Waals surface area (Å²) in [6.45, 7) is 7.14. The van der Waals surface area contributed by atoms with Crippen LogP contribution in [0.1, 0.15) is 52.0 Å². The molecule has 1 amide bonds. The summed E-state index contributed by atoms with van der Waals surface area (Å²) in [4.78, 5) is 16.0. The fraction of sp³-hybridized carbons (Fsp3) is 0.667. The summed E-state index contributed by atoms with van der Waals surface area (Å²) in [5, 5.41) is 13.5. The Kier molecular flexibility index (Phi) is 5.22. The van der Waals surface area contributed by atoms with Crippen LogP contribution in [0.5, 0.6) is 0 Å². The maximum atomic E-state index is 12.0. The fourth-order valence-corrected chi connectivity index (χ4v) is 3.21. The van der Waals surface area contributed by atoms with Gasteiger partial charge in [-0.05, 0) is 48.6 Å². The van der Waals surface area contributed by atoms with Crippen molar-refractivity contribution in [2.75, 3.05) is 6.54 Å². The van der Waals surface area contributed by atoms with Crippen LogP contribution in [0.2, 0.25) is 0 Å². The predicted octanol–water partition coefficient (Wildman–Crippen LogP) is 2.71. The van der Waals surface area contributed by atoms with E-state index in [1.54, 1.807) is 12.4 Å². The lowest BCUT2D eigenvalue weighted by Gasteiger charge is -2.41. The molecule has 1 aliphatic carbocycles. The molecule has 0 aromatic carbocycles. The van der Waals surface area contributed by atoms with E-state index in [1.807, 2.05) is 12.1 Å². The van der Waals surface area contributed by atoms with Crippen molar-refractivity contribution in [3.8, 4) is 0 Å².